The molecule has 2 aromatic heterocycles. The number of halogens is 2. The van der Waals surface area contributed by atoms with Crippen LogP contribution in [0.4, 0.5) is 4.39 Å². The minimum atomic E-state index is -0.550. The number of pyridine rings is 1. The summed E-state index contributed by atoms with van der Waals surface area (Å²) in [5.41, 5.74) is 1.19. The maximum Gasteiger partial charge on any atom is 0.274 e. The van der Waals surface area contributed by atoms with Crippen LogP contribution >= 0.6 is 11.6 Å². The number of fused-ring (bicyclic) bond motifs is 1. The van der Waals surface area contributed by atoms with Gasteiger partial charge in [-0.2, -0.15) is 0 Å². The Morgan fingerprint density at radius 1 is 1.17 bits per heavy atom. The molecule has 0 saturated carbocycles. The molecule has 8 heteroatoms. The van der Waals surface area contributed by atoms with Gasteiger partial charge in [-0.05, 0) is 49.1 Å². The van der Waals surface area contributed by atoms with Crippen LogP contribution in [-0.2, 0) is 4.79 Å². The number of nitrogens with zero attached hydrogens (tertiary/aromatic N) is 3. The summed E-state index contributed by atoms with van der Waals surface area (Å²) in [6.07, 6.45) is 5.96. The maximum atomic E-state index is 13.6. The zero-order chi connectivity index (χ0) is 20.9. The summed E-state index contributed by atoms with van der Waals surface area (Å²) < 4.78 is 15.3. The van der Waals surface area contributed by atoms with Crippen molar-refractivity contribution in [3.63, 3.8) is 0 Å². The Hall–Kier alpha value is -2.93. The number of hydrogen-bond donors (Lipinski definition) is 1. The third-order valence-electron chi connectivity index (χ3n) is 6.12. The molecule has 4 heterocycles. The van der Waals surface area contributed by atoms with Gasteiger partial charge in [0.2, 0.25) is 5.91 Å². The SMILES string of the molecule is O=C1CC[C@]2(CCCN(C(=O)c3cn4cc(Cl)ccc4n3)[C@@H]2c2ccc(F)cc2)N1. The fourth-order valence-corrected chi connectivity index (χ4v) is 5.01. The van der Waals surface area contributed by atoms with Gasteiger partial charge in [0.25, 0.3) is 5.91 Å². The van der Waals surface area contributed by atoms with Crippen LogP contribution in [-0.4, -0.2) is 38.2 Å². The van der Waals surface area contributed by atoms with Gasteiger partial charge in [-0.25, -0.2) is 9.37 Å². The van der Waals surface area contributed by atoms with Gasteiger partial charge < -0.3 is 14.6 Å². The lowest BCUT2D eigenvalue weighted by molar-refractivity contribution is -0.120. The van der Waals surface area contributed by atoms with Crippen molar-refractivity contribution >= 4 is 29.1 Å². The van der Waals surface area contributed by atoms with Crippen molar-refractivity contribution in [2.24, 2.45) is 0 Å². The minimum Gasteiger partial charge on any atom is -0.348 e. The van der Waals surface area contributed by atoms with E-state index < -0.39 is 5.54 Å². The molecule has 2 saturated heterocycles. The lowest BCUT2D eigenvalue weighted by Crippen LogP contribution is -2.58. The third-order valence-corrected chi connectivity index (χ3v) is 6.35. The van der Waals surface area contributed by atoms with E-state index in [9.17, 15) is 14.0 Å². The van der Waals surface area contributed by atoms with Crippen molar-refractivity contribution in [2.45, 2.75) is 37.3 Å². The van der Waals surface area contributed by atoms with Gasteiger partial charge in [0.15, 0.2) is 0 Å². The molecule has 2 atom stereocenters. The Labute approximate surface area is 177 Å². The lowest BCUT2D eigenvalue weighted by atomic mass is 9.76. The number of imidazole rings is 1. The van der Waals surface area contributed by atoms with E-state index >= 15 is 0 Å². The van der Waals surface area contributed by atoms with Crippen molar-refractivity contribution in [1.29, 1.82) is 0 Å². The van der Waals surface area contributed by atoms with Crippen LogP contribution in [0.5, 0.6) is 0 Å². The molecule has 2 fully saturated rings. The Balaban J connectivity index is 1.57. The average molecular weight is 427 g/mol. The summed E-state index contributed by atoms with van der Waals surface area (Å²) in [5.74, 6) is -0.572. The lowest BCUT2D eigenvalue weighted by Gasteiger charge is -2.48. The van der Waals surface area contributed by atoms with Gasteiger partial charge >= 0.3 is 0 Å². The van der Waals surface area contributed by atoms with Gasteiger partial charge in [0.05, 0.1) is 16.6 Å². The van der Waals surface area contributed by atoms with Crippen molar-refractivity contribution in [1.82, 2.24) is 19.6 Å². The fraction of sp³-hybridized carbons (Fsp3) is 0.318. The second-order valence-corrected chi connectivity index (χ2v) is 8.44. The Bertz CT molecular complexity index is 1150. The van der Waals surface area contributed by atoms with Crippen molar-refractivity contribution in [3.8, 4) is 0 Å². The van der Waals surface area contributed by atoms with E-state index in [1.807, 2.05) is 0 Å². The van der Waals surface area contributed by atoms with Crippen LogP contribution in [0.25, 0.3) is 5.65 Å². The number of piperidine rings is 1. The number of nitrogens with one attached hydrogen (secondary N) is 1. The minimum absolute atomic E-state index is 0.0150. The molecule has 2 amide bonds. The van der Waals surface area contributed by atoms with Crippen LogP contribution in [0.3, 0.4) is 0 Å². The number of carbonyl (C=O) groups excluding carboxylic acids is 2. The largest absolute Gasteiger partial charge is 0.348 e. The first kappa shape index (κ1) is 19.1. The number of likely N-dealkylation sites (tertiary alicyclic amines) is 1. The van der Waals surface area contributed by atoms with Crippen molar-refractivity contribution < 1.29 is 14.0 Å². The highest BCUT2D eigenvalue weighted by molar-refractivity contribution is 6.30. The normalized spacial score (nSPS) is 23.9. The number of benzene rings is 1. The molecule has 0 unspecified atom stereocenters. The molecule has 3 aromatic rings. The summed E-state index contributed by atoms with van der Waals surface area (Å²) in [6, 6.07) is 9.27. The predicted molar refractivity (Wildman–Crippen MR) is 110 cm³/mol. The zero-order valence-corrected chi connectivity index (χ0v) is 16.9. The number of aromatic nitrogens is 2. The molecule has 0 aliphatic carbocycles. The average Bonchev–Trinajstić information content (AvgIpc) is 3.31. The predicted octanol–water partition coefficient (Wildman–Crippen LogP) is 3.75. The fourth-order valence-electron chi connectivity index (χ4n) is 4.84. The van der Waals surface area contributed by atoms with Gasteiger partial charge in [-0.1, -0.05) is 23.7 Å². The molecule has 2 aliphatic heterocycles. The summed E-state index contributed by atoms with van der Waals surface area (Å²) in [4.78, 5) is 31.9. The number of hydrogen-bond acceptors (Lipinski definition) is 3. The molecule has 1 aromatic carbocycles. The van der Waals surface area contributed by atoms with Gasteiger partial charge in [0, 0.05) is 25.4 Å². The third kappa shape index (κ3) is 3.13. The molecule has 2 aliphatic rings. The second-order valence-electron chi connectivity index (χ2n) is 8.00. The highest BCUT2D eigenvalue weighted by Gasteiger charge is 2.51. The van der Waals surface area contributed by atoms with Crippen LogP contribution in [0.2, 0.25) is 5.02 Å². The van der Waals surface area contributed by atoms with Gasteiger partial charge in [-0.15, -0.1) is 0 Å². The number of amides is 2. The van der Waals surface area contributed by atoms with E-state index in [0.29, 0.717) is 35.8 Å². The van der Waals surface area contributed by atoms with E-state index in [1.54, 1.807) is 46.0 Å². The summed E-state index contributed by atoms with van der Waals surface area (Å²) in [7, 11) is 0. The highest BCUT2D eigenvalue weighted by Crippen LogP contribution is 2.45. The standard InChI is InChI=1S/C22H20ClFN4O2/c23-15-4-7-18-25-17(13-27(18)12-15)21(30)28-11-1-9-22(10-8-19(29)26-22)20(28)14-2-5-16(24)6-3-14/h2-7,12-13,20H,1,8-11H2,(H,26,29)/t20-,22+/m1/s1. The maximum absolute atomic E-state index is 13.6. The monoisotopic (exact) mass is 426 g/mol. The number of carbonyl (C=O) groups is 2. The molecule has 6 nitrogen and oxygen atoms in total. The Morgan fingerprint density at radius 2 is 1.97 bits per heavy atom. The molecule has 5 rings (SSSR count). The van der Waals surface area contributed by atoms with E-state index in [-0.39, 0.29) is 23.7 Å². The summed E-state index contributed by atoms with van der Waals surface area (Å²) in [6.45, 7) is 0.535. The Kier molecular flexibility index (Phi) is 4.50. The molecule has 154 valence electrons. The van der Waals surface area contributed by atoms with Crippen LogP contribution in [0.1, 0.15) is 47.8 Å². The number of rotatable bonds is 2. The Morgan fingerprint density at radius 3 is 2.70 bits per heavy atom. The van der Waals surface area contributed by atoms with E-state index in [4.69, 9.17) is 11.6 Å². The molecule has 1 N–H and O–H groups in total. The van der Waals surface area contributed by atoms with Crippen molar-refractivity contribution in [2.75, 3.05) is 6.54 Å². The molecular weight excluding hydrogens is 407 g/mol. The molecule has 30 heavy (non-hydrogen) atoms. The molecule has 0 radical (unpaired) electrons. The van der Waals surface area contributed by atoms with E-state index in [0.717, 1.165) is 18.4 Å². The molecule has 0 bridgehead atoms. The first-order valence-corrected chi connectivity index (χ1v) is 10.3. The van der Waals surface area contributed by atoms with Crippen LogP contribution < -0.4 is 5.32 Å². The zero-order valence-electron chi connectivity index (χ0n) is 16.1. The van der Waals surface area contributed by atoms with Crippen molar-refractivity contribution in [3.05, 3.63) is 70.9 Å². The van der Waals surface area contributed by atoms with Crippen LogP contribution in [0, 0.1) is 5.82 Å². The molecular formula is C22H20ClFN4O2. The van der Waals surface area contributed by atoms with Crippen LogP contribution in [0.15, 0.2) is 48.8 Å². The van der Waals surface area contributed by atoms with Gasteiger partial charge in [0.1, 0.15) is 17.2 Å². The highest BCUT2D eigenvalue weighted by atomic mass is 35.5. The summed E-state index contributed by atoms with van der Waals surface area (Å²) >= 11 is 6.05. The smallest absolute Gasteiger partial charge is 0.274 e. The first-order chi connectivity index (χ1) is 14.4. The van der Waals surface area contributed by atoms with E-state index in [2.05, 4.69) is 10.3 Å². The van der Waals surface area contributed by atoms with Gasteiger partial charge in [-0.3, -0.25) is 9.59 Å². The first-order valence-electron chi connectivity index (χ1n) is 9.97. The quantitative estimate of drug-likeness (QED) is 0.678. The topological polar surface area (TPSA) is 66.7 Å². The van der Waals surface area contributed by atoms with E-state index in [1.165, 1.54) is 12.1 Å². The summed E-state index contributed by atoms with van der Waals surface area (Å²) in [5, 5.41) is 3.68. The second kappa shape index (κ2) is 7.09. The molecule has 1 spiro atoms.